The highest BCUT2D eigenvalue weighted by molar-refractivity contribution is 6.02. The zero-order valence-electron chi connectivity index (χ0n) is 11.3. The van der Waals surface area contributed by atoms with Gasteiger partial charge in [-0.25, -0.2) is 0 Å². The minimum Gasteiger partial charge on any atom is -0.497 e. The van der Waals surface area contributed by atoms with Gasteiger partial charge in [0, 0.05) is 0 Å². The molecule has 3 rings (SSSR count). The van der Waals surface area contributed by atoms with E-state index in [4.69, 9.17) is 4.74 Å². The highest BCUT2D eigenvalue weighted by Gasteiger charge is 2.23. The van der Waals surface area contributed by atoms with Crippen LogP contribution in [0.25, 0.3) is 0 Å². The predicted molar refractivity (Wildman–Crippen MR) is 79.1 cm³/mol. The number of methoxy groups -OCH3 is 1. The van der Waals surface area contributed by atoms with Gasteiger partial charge in [0.05, 0.1) is 31.6 Å². The molecule has 1 N–H and O–H groups in total. The predicted octanol–water partition coefficient (Wildman–Crippen LogP) is 2.65. The molecule has 4 heteroatoms. The molecule has 2 aromatic rings. The molecule has 0 atom stereocenters. The third kappa shape index (κ3) is 2.32. The number of nitrogens with zero attached hydrogens (tertiary/aromatic N) is 1. The number of benzene rings is 2. The molecular weight excluding hydrogens is 252 g/mol. The standard InChI is InChI=1S/C16H16N2O2/c1-20-13-8-6-12(7-9-13)11-18-15-5-3-2-4-14(15)17-10-16(18)19/h2-9,17H,10-11H2,1H3. The maximum atomic E-state index is 12.1. The second-order valence-corrected chi connectivity index (χ2v) is 4.70. The fourth-order valence-corrected chi connectivity index (χ4v) is 2.35. The molecule has 102 valence electrons. The Balaban J connectivity index is 1.87. The van der Waals surface area contributed by atoms with Crippen LogP contribution in [0.3, 0.4) is 0 Å². The number of carbonyl (C=O) groups is 1. The summed E-state index contributed by atoms with van der Waals surface area (Å²) in [7, 11) is 1.64. The molecule has 1 aliphatic heterocycles. The lowest BCUT2D eigenvalue weighted by molar-refractivity contribution is -0.117. The first-order chi connectivity index (χ1) is 9.78. The second-order valence-electron chi connectivity index (χ2n) is 4.70. The van der Waals surface area contributed by atoms with Crippen molar-refractivity contribution in [1.29, 1.82) is 0 Å². The van der Waals surface area contributed by atoms with Crippen molar-refractivity contribution in [3.63, 3.8) is 0 Å². The number of rotatable bonds is 3. The topological polar surface area (TPSA) is 41.6 Å². The lowest BCUT2D eigenvalue weighted by atomic mass is 10.1. The van der Waals surface area contributed by atoms with E-state index in [0.717, 1.165) is 22.7 Å². The van der Waals surface area contributed by atoms with Gasteiger partial charge in [-0.15, -0.1) is 0 Å². The van der Waals surface area contributed by atoms with Gasteiger partial charge in [0.2, 0.25) is 5.91 Å². The third-order valence-corrected chi connectivity index (χ3v) is 3.43. The van der Waals surface area contributed by atoms with Crippen molar-refractivity contribution in [1.82, 2.24) is 0 Å². The molecule has 0 aromatic heterocycles. The summed E-state index contributed by atoms with van der Waals surface area (Å²) in [6.07, 6.45) is 0. The summed E-state index contributed by atoms with van der Waals surface area (Å²) >= 11 is 0. The van der Waals surface area contributed by atoms with Crippen LogP contribution in [0.2, 0.25) is 0 Å². The van der Waals surface area contributed by atoms with E-state index in [0.29, 0.717) is 13.1 Å². The van der Waals surface area contributed by atoms with Crippen molar-refractivity contribution in [2.75, 3.05) is 23.9 Å². The van der Waals surface area contributed by atoms with Gasteiger partial charge in [-0.2, -0.15) is 0 Å². The molecule has 1 amide bonds. The Morgan fingerprint density at radius 2 is 1.90 bits per heavy atom. The lowest BCUT2D eigenvalue weighted by Crippen LogP contribution is -2.39. The van der Waals surface area contributed by atoms with Gasteiger partial charge in [0.15, 0.2) is 0 Å². The lowest BCUT2D eigenvalue weighted by Gasteiger charge is -2.30. The van der Waals surface area contributed by atoms with Crippen LogP contribution in [0.4, 0.5) is 11.4 Å². The monoisotopic (exact) mass is 268 g/mol. The first-order valence-electron chi connectivity index (χ1n) is 6.54. The van der Waals surface area contributed by atoms with Crippen LogP contribution in [-0.4, -0.2) is 19.6 Å². The molecule has 0 spiro atoms. The zero-order chi connectivity index (χ0) is 13.9. The Labute approximate surface area is 118 Å². The van der Waals surface area contributed by atoms with Gasteiger partial charge in [0.1, 0.15) is 5.75 Å². The maximum absolute atomic E-state index is 12.1. The van der Waals surface area contributed by atoms with E-state index in [1.165, 1.54) is 0 Å². The molecule has 0 aliphatic carbocycles. The van der Waals surface area contributed by atoms with Crippen LogP contribution >= 0.6 is 0 Å². The Morgan fingerprint density at radius 3 is 2.65 bits per heavy atom. The van der Waals surface area contributed by atoms with Crippen molar-refractivity contribution < 1.29 is 9.53 Å². The summed E-state index contributed by atoms with van der Waals surface area (Å²) in [6.45, 7) is 0.911. The second kappa shape index (κ2) is 5.25. The van der Waals surface area contributed by atoms with Gasteiger partial charge in [-0.3, -0.25) is 4.79 Å². The quantitative estimate of drug-likeness (QED) is 0.930. The molecule has 0 radical (unpaired) electrons. The number of fused-ring (bicyclic) bond motifs is 1. The molecule has 0 unspecified atom stereocenters. The average molecular weight is 268 g/mol. The number of hydrogen-bond acceptors (Lipinski definition) is 3. The summed E-state index contributed by atoms with van der Waals surface area (Å²) in [5.74, 6) is 0.903. The number of para-hydroxylation sites is 2. The van der Waals surface area contributed by atoms with Crippen molar-refractivity contribution in [2.45, 2.75) is 6.54 Å². The average Bonchev–Trinajstić information content (AvgIpc) is 2.51. The van der Waals surface area contributed by atoms with Gasteiger partial charge >= 0.3 is 0 Å². The SMILES string of the molecule is COc1ccc(CN2C(=O)CNc3ccccc32)cc1. The van der Waals surface area contributed by atoms with Gasteiger partial charge in [-0.05, 0) is 29.8 Å². The minimum absolute atomic E-state index is 0.0829. The van der Waals surface area contributed by atoms with Crippen LogP contribution < -0.4 is 15.0 Å². The molecular formula is C16H16N2O2. The number of carbonyl (C=O) groups excluding carboxylic acids is 1. The Morgan fingerprint density at radius 1 is 1.15 bits per heavy atom. The number of nitrogens with one attached hydrogen (secondary N) is 1. The van der Waals surface area contributed by atoms with E-state index in [9.17, 15) is 4.79 Å². The first kappa shape index (κ1) is 12.5. The van der Waals surface area contributed by atoms with Crippen molar-refractivity contribution in [2.24, 2.45) is 0 Å². The van der Waals surface area contributed by atoms with Crippen LogP contribution in [0.1, 0.15) is 5.56 Å². The van der Waals surface area contributed by atoms with Gasteiger partial charge in [-0.1, -0.05) is 24.3 Å². The van der Waals surface area contributed by atoms with Crippen molar-refractivity contribution in [3.8, 4) is 5.75 Å². The number of ether oxygens (including phenoxy) is 1. The van der Waals surface area contributed by atoms with E-state index in [-0.39, 0.29) is 5.91 Å². The Kier molecular flexibility index (Phi) is 3.29. The van der Waals surface area contributed by atoms with E-state index in [1.54, 1.807) is 7.11 Å². The van der Waals surface area contributed by atoms with E-state index < -0.39 is 0 Å². The van der Waals surface area contributed by atoms with Crippen LogP contribution in [0.15, 0.2) is 48.5 Å². The van der Waals surface area contributed by atoms with E-state index >= 15 is 0 Å². The number of anilines is 2. The maximum Gasteiger partial charge on any atom is 0.246 e. The zero-order valence-corrected chi connectivity index (χ0v) is 11.3. The number of hydrogen-bond donors (Lipinski definition) is 1. The van der Waals surface area contributed by atoms with Crippen LogP contribution in [0.5, 0.6) is 5.75 Å². The molecule has 0 bridgehead atoms. The fraction of sp³-hybridized carbons (Fsp3) is 0.188. The molecule has 4 nitrogen and oxygen atoms in total. The third-order valence-electron chi connectivity index (χ3n) is 3.43. The molecule has 2 aromatic carbocycles. The van der Waals surface area contributed by atoms with Crippen LogP contribution in [-0.2, 0) is 11.3 Å². The molecule has 0 saturated carbocycles. The summed E-state index contributed by atoms with van der Waals surface area (Å²) in [5.41, 5.74) is 3.01. The summed E-state index contributed by atoms with van der Waals surface area (Å²) in [5, 5.41) is 3.14. The normalized spacial score (nSPS) is 13.7. The van der Waals surface area contributed by atoms with E-state index in [1.807, 2.05) is 53.4 Å². The summed E-state index contributed by atoms with van der Waals surface area (Å²) in [4.78, 5) is 13.9. The fourth-order valence-electron chi connectivity index (χ4n) is 2.35. The summed E-state index contributed by atoms with van der Waals surface area (Å²) in [6, 6.07) is 15.6. The molecule has 1 aliphatic rings. The molecule has 0 saturated heterocycles. The molecule has 20 heavy (non-hydrogen) atoms. The smallest absolute Gasteiger partial charge is 0.246 e. The number of amides is 1. The first-order valence-corrected chi connectivity index (χ1v) is 6.54. The highest BCUT2D eigenvalue weighted by Crippen LogP contribution is 2.30. The molecule has 0 fully saturated rings. The minimum atomic E-state index is 0.0829. The van der Waals surface area contributed by atoms with Crippen molar-refractivity contribution >= 4 is 17.3 Å². The van der Waals surface area contributed by atoms with Crippen molar-refractivity contribution in [3.05, 3.63) is 54.1 Å². The van der Waals surface area contributed by atoms with Gasteiger partial charge < -0.3 is 15.0 Å². The largest absolute Gasteiger partial charge is 0.497 e. The van der Waals surface area contributed by atoms with Gasteiger partial charge in [0.25, 0.3) is 0 Å². The Bertz CT molecular complexity index is 623. The van der Waals surface area contributed by atoms with Crippen LogP contribution in [0, 0.1) is 0 Å². The van der Waals surface area contributed by atoms with E-state index in [2.05, 4.69) is 5.32 Å². The Hall–Kier alpha value is -2.49. The highest BCUT2D eigenvalue weighted by atomic mass is 16.5. The summed E-state index contributed by atoms with van der Waals surface area (Å²) < 4.78 is 5.15. The molecule has 1 heterocycles.